The largest absolute Gasteiger partial charge is 0.503 e. The Bertz CT molecular complexity index is 1580. The third kappa shape index (κ3) is 4.03. The number of nitrogens with zero attached hydrogens (tertiary/aromatic N) is 1. The van der Waals surface area contributed by atoms with Crippen LogP contribution in [-0.4, -0.2) is 44.1 Å². The first-order chi connectivity index (χ1) is 18.4. The van der Waals surface area contributed by atoms with Crippen LogP contribution in [0.25, 0.3) is 11.0 Å². The van der Waals surface area contributed by atoms with Gasteiger partial charge < -0.3 is 23.7 Å². The maximum Gasteiger partial charge on any atom is 0.337 e. The molecule has 0 aliphatic carbocycles. The topological polar surface area (TPSA) is 116 Å². The van der Waals surface area contributed by atoms with Gasteiger partial charge in [-0.25, -0.2) is 4.79 Å². The van der Waals surface area contributed by atoms with Crippen molar-refractivity contribution in [2.45, 2.75) is 6.04 Å². The van der Waals surface area contributed by atoms with Crippen LogP contribution >= 0.6 is 0 Å². The highest BCUT2D eigenvalue weighted by Crippen LogP contribution is 2.43. The lowest BCUT2D eigenvalue weighted by Gasteiger charge is -2.27. The number of para-hydroxylation sites is 1. The fourth-order valence-corrected chi connectivity index (χ4v) is 4.52. The summed E-state index contributed by atoms with van der Waals surface area (Å²) in [6.07, 6.45) is 0. The highest BCUT2D eigenvalue weighted by molar-refractivity contribution is 6.20. The molecule has 1 aromatic heterocycles. The molecule has 2 heterocycles. The number of ketones is 1. The summed E-state index contributed by atoms with van der Waals surface area (Å²) in [7, 11) is 4.29. The Morgan fingerprint density at radius 3 is 2.26 bits per heavy atom. The number of esters is 1. The molecule has 9 nitrogen and oxygen atoms in total. The SMILES string of the molecule is COC(=O)c1ccc(N2C(=O)C(O)=C(C(=O)c3cc4cccc(OC)c4o3)C2c2ccc(OC)cc2)cc1. The number of Topliss-reactive ketones (excluding diaryl/α,β-unsaturated/α-hetero) is 1. The fraction of sp³-hybridized carbons (Fsp3) is 0.138. The molecule has 0 bridgehead atoms. The Morgan fingerprint density at radius 1 is 0.921 bits per heavy atom. The van der Waals surface area contributed by atoms with Crippen molar-refractivity contribution in [1.29, 1.82) is 0 Å². The van der Waals surface area contributed by atoms with Crippen LogP contribution in [0.4, 0.5) is 5.69 Å². The highest BCUT2D eigenvalue weighted by Gasteiger charge is 2.45. The van der Waals surface area contributed by atoms with E-state index in [0.717, 1.165) is 0 Å². The molecule has 192 valence electrons. The van der Waals surface area contributed by atoms with E-state index >= 15 is 0 Å². The number of ether oxygens (including phenoxy) is 3. The van der Waals surface area contributed by atoms with Crippen LogP contribution < -0.4 is 14.4 Å². The van der Waals surface area contributed by atoms with Gasteiger partial charge >= 0.3 is 5.97 Å². The van der Waals surface area contributed by atoms with Gasteiger partial charge in [-0.2, -0.15) is 0 Å². The van der Waals surface area contributed by atoms with Crippen LogP contribution in [0.1, 0.15) is 32.5 Å². The summed E-state index contributed by atoms with van der Waals surface area (Å²) in [6.45, 7) is 0. The van der Waals surface area contributed by atoms with Crippen molar-refractivity contribution in [2.24, 2.45) is 0 Å². The summed E-state index contributed by atoms with van der Waals surface area (Å²) in [5, 5.41) is 11.6. The number of amides is 1. The first-order valence-electron chi connectivity index (χ1n) is 11.6. The number of benzene rings is 3. The predicted molar refractivity (Wildman–Crippen MR) is 138 cm³/mol. The number of hydrogen-bond acceptors (Lipinski definition) is 8. The van der Waals surface area contributed by atoms with Crippen LogP contribution in [0.5, 0.6) is 11.5 Å². The molecule has 0 spiro atoms. The second-order valence-electron chi connectivity index (χ2n) is 8.47. The molecule has 1 unspecified atom stereocenters. The monoisotopic (exact) mass is 513 g/mol. The third-order valence-electron chi connectivity index (χ3n) is 6.40. The maximum absolute atomic E-state index is 13.8. The van der Waals surface area contributed by atoms with Crippen molar-refractivity contribution in [2.75, 3.05) is 26.2 Å². The Balaban J connectivity index is 1.62. The van der Waals surface area contributed by atoms with E-state index < -0.39 is 29.5 Å². The van der Waals surface area contributed by atoms with Crippen molar-refractivity contribution in [3.8, 4) is 11.5 Å². The van der Waals surface area contributed by atoms with E-state index in [9.17, 15) is 19.5 Å². The van der Waals surface area contributed by atoms with Crippen molar-refractivity contribution in [3.63, 3.8) is 0 Å². The zero-order chi connectivity index (χ0) is 27.0. The second-order valence-corrected chi connectivity index (χ2v) is 8.47. The maximum atomic E-state index is 13.8. The van der Waals surface area contributed by atoms with Crippen LogP contribution in [0.15, 0.2) is 88.5 Å². The lowest BCUT2D eigenvalue weighted by Crippen LogP contribution is -2.31. The molecule has 1 atom stereocenters. The Labute approximate surface area is 217 Å². The molecule has 5 rings (SSSR count). The molecule has 1 aliphatic rings. The molecule has 1 N–H and O–H groups in total. The summed E-state index contributed by atoms with van der Waals surface area (Å²) in [5.41, 5.74) is 1.43. The van der Waals surface area contributed by atoms with E-state index in [0.29, 0.717) is 33.7 Å². The molecule has 1 amide bonds. The average Bonchev–Trinajstić information content (AvgIpc) is 3.51. The number of anilines is 1. The standard InChI is InChI=1S/C29H23NO8/c1-35-20-13-9-16(10-14-20)24-23(25(31)22-15-18-5-4-6-21(36-2)27(18)38-22)26(32)28(33)30(24)19-11-7-17(8-12-19)29(34)37-3/h4-15,24,32H,1-3H3. The van der Waals surface area contributed by atoms with Crippen LogP contribution in [-0.2, 0) is 9.53 Å². The quantitative estimate of drug-likeness (QED) is 0.271. The van der Waals surface area contributed by atoms with Gasteiger partial charge in [0.15, 0.2) is 22.9 Å². The molecule has 0 fully saturated rings. The van der Waals surface area contributed by atoms with E-state index in [1.54, 1.807) is 60.7 Å². The zero-order valence-electron chi connectivity index (χ0n) is 20.8. The van der Waals surface area contributed by atoms with E-state index in [4.69, 9.17) is 18.6 Å². The van der Waals surface area contributed by atoms with E-state index in [1.165, 1.54) is 38.4 Å². The summed E-state index contributed by atoms with van der Waals surface area (Å²) < 4.78 is 21.2. The second kappa shape index (κ2) is 9.78. The third-order valence-corrected chi connectivity index (χ3v) is 6.40. The van der Waals surface area contributed by atoms with E-state index in [1.807, 2.05) is 0 Å². The van der Waals surface area contributed by atoms with E-state index in [-0.39, 0.29) is 16.9 Å². The zero-order valence-corrected chi connectivity index (χ0v) is 20.8. The number of methoxy groups -OCH3 is 3. The number of fused-ring (bicyclic) bond motifs is 1. The van der Waals surface area contributed by atoms with Gasteiger partial charge in [-0.1, -0.05) is 24.3 Å². The number of carbonyl (C=O) groups excluding carboxylic acids is 3. The van der Waals surface area contributed by atoms with Crippen molar-refractivity contribution in [3.05, 3.63) is 101 Å². The smallest absolute Gasteiger partial charge is 0.337 e. The summed E-state index contributed by atoms with van der Waals surface area (Å²) in [5.74, 6) is -1.68. The van der Waals surface area contributed by atoms with Crippen molar-refractivity contribution >= 4 is 34.3 Å². The van der Waals surface area contributed by atoms with Gasteiger partial charge in [-0.3, -0.25) is 14.5 Å². The highest BCUT2D eigenvalue weighted by atomic mass is 16.5. The van der Waals surface area contributed by atoms with Crippen molar-refractivity contribution < 1.29 is 38.1 Å². The summed E-state index contributed by atoms with van der Waals surface area (Å²) >= 11 is 0. The van der Waals surface area contributed by atoms with Crippen molar-refractivity contribution in [1.82, 2.24) is 0 Å². The minimum absolute atomic E-state index is 0.0553. The molecule has 0 saturated carbocycles. The number of rotatable bonds is 7. The summed E-state index contributed by atoms with van der Waals surface area (Å²) in [6, 6.07) is 18.7. The van der Waals surface area contributed by atoms with Gasteiger partial charge in [0.2, 0.25) is 5.78 Å². The van der Waals surface area contributed by atoms with Gasteiger partial charge in [-0.15, -0.1) is 0 Å². The van der Waals surface area contributed by atoms with Crippen LogP contribution in [0.3, 0.4) is 0 Å². The summed E-state index contributed by atoms with van der Waals surface area (Å²) in [4.78, 5) is 40.4. The first kappa shape index (κ1) is 24.6. The molecule has 3 aromatic carbocycles. The van der Waals surface area contributed by atoms with Gasteiger partial charge in [0.25, 0.3) is 5.91 Å². The van der Waals surface area contributed by atoms with Crippen LogP contribution in [0, 0.1) is 0 Å². The first-order valence-corrected chi connectivity index (χ1v) is 11.6. The lowest BCUT2D eigenvalue weighted by atomic mass is 9.94. The predicted octanol–water partition coefficient (Wildman–Crippen LogP) is 5.02. The molecular weight excluding hydrogens is 490 g/mol. The molecule has 1 aliphatic heterocycles. The molecule has 38 heavy (non-hydrogen) atoms. The fourth-order valence-electron chi connectivity index (χ4n) is 4.52. The minimum Gasteiger partial charge on any atom is -0.503 e. The molecular formula is C29H23NO8. The number of aliphatic hydroxyl groups excluding tert-OH is 1. The van der Waals surface area contributed by atoms with Gasteiger partial charge in [0.1, 0.15) is 5.75 Å². The minimum atomic E-state index is -0.986. The van der Waals surface area contributed by atoms with Gasteiger partial charge in [-0.05, 0) is 54.1 Å². The lowest BCUT2D eigenvalue weighted by molar-refractivity contribution is -0.117. The Morgan fingerprint density at radius 2 is 1.63 bits per heavy atom. The Hall–Kier alpha value is -5.05. The molecule has 0 saturated heterocycles. The number of carbonyl (C=O) groups is 3. The number of furan rings is 1. The average molecular weight is 514 g/mol. The number of aliphatic hydroxyl groups is 1. The van der Waals surface area contributed by atoms with Gasteiger partial charge in [0, 0.05) is 11.1 Å². The van der Waals surface area contributed by atoms with Gasteiger partial charge in [0.05, 0.1) is 38.5 Å². The number of hydrogen-bond donors (Lipinski definition) is 1. The molecule has 0 radical (unpaired) electrons. The van der Waals surface area contributed by atoms with E-state index in [2.05, 4.69) is 0 Å². The normalized spacial score (nSPS) is 15.2. The van der Waals surface area contributed by atoms with Crippen LogP contribution in [0.2, 0.25) is 0 Å². The Kier molecular flexibility index (Phi) is 6.34. The molecule has 4 aromatic rings. The molecule has 9 heteroatoms.